The number of benzene rings is 1. The molecule has 0 aliphatic carbocycles. The van der Waals surface area contributed by atoms with Crippen molar-refractivity contribution in [2.24, 2.45) is 0 Å². The summed E-state index contributed by atoms with van der Waals surface area (Å²) in [6, 6.07) is 3.21. The molecule has 0 saturated carbocycles. The van der Waals surface area contributed by atoms with E-state index in [1.165, 1.54) is 11.9 Å². The van der Waals surface area contributed by atoms with Crippen LogP contribution in [0.15, 0.2) is 16.6 Å². The number of hydrogen-bond acceptors (Lipinski definition) is 3. The van der Waals surface area contributed by atoms with Crippen molar-refractivity contribution in [3.8, 4) is 0 Å². The molecule has 0 saturated heterocycles. The van der Waals surface area contributed by atoms with Gasteiger partial charge in [-0.3, -0.25) is 4.68 Å². The molecule has 2 aromatic rings. The van der Waals surface area contributed by atoms with Crippen LogP contribution in [-0.2, 0) is 6.54 Å². The van der Waals surface area contributed by atoms with E-state index in [1.807, 2.05) is 0 Å². The van der Waals surface area contributed by atoms with Crippen LogP contribution in [0, 0.1) is 0 Å². The van der Waals surface area contributed by atoms with E-state index in [4.69, 9.17) is 11.6 Å². The second kappa shape index (κ2) is 5.41. The Morgan fingerprint density at radius 2 is 2.16 bits per heavy atom. The lowest BCUT2D eigenvalue weighted by atomic mass is 10.2. The molecular weight excluding hydrogens is 367 g/mol. The minimum Gasteiger partial charge on any atom is -0.313 e. The highest BCUT2D eigenvalue weighted by Gasteiger charge is 2.30. The highest BCUT2D eigenvalue weighted by Crippen LogP contribution is 2.36. The Morgan fingerprint density at radius 3 is 2.74 bits per heavy atom. The van der Waals surface area contributed by atoms with Crippen LogP contribution < -0.4 is 4.72 Å². The Bertz CT molecular complexity index is 614. The summed E-state index contributed by atoms with van der Waals surface area (Å²) in [7, 11) is 0. The van der Waals surface area contributed by atoms with Gasteiger partial charge >= 0.3 is 6.18 Å². The summed E-state index contributed by atoms with van der Waals surface area (Å²) in [4.78, 5) is 0. The van der Waals surface area contributed by atoms with Gasteiger partial charge in [0, 0.05) is 10.7 Å². The molecule has 0 fully saturated rings. The van der Waals surface area contributed by atoms with E-state index in [1.54, 1.807) is 18.4 Å². The first-order valence-corrected chi connectivity index (χ1v) is 7.43. The molecule has 1 aromatic carbocycles. The third-order valence-corrected chi connectivity index (χ3v) is 3.67. The summed E-state index contributed by atoms with van der Waals surface area (Å²) in [5.74, 6) is 0.318. The molecule has 0 unspecified atom stereocenters. The summed E-state index contributed by atoms with van der Waals surface area (Å²) >= 11 is 10.5. The number of rotatable bonds is 3. The fourth-order valence-electron chi connectivity index (χ4n) is 1.69. The van der Waals surface area contributed by atoms with Crippen LogP contribution in [-0.4, -0.2) is 22.2 Å². The molecule has 1 N–H and O–H groups in total. The van der Waals surface area contributed by atoms with Crippen LogP contribution in [0.25, 0.3) is 10.9 Å². The van der Waals surface area contributed by atoms with Crippen LogP contribution in [0.1, 0.15) is 0 Å². The Kier molecular flexibility index (Phi) is 4.22. The van der Waals surface area contributed by atoms with Crippen LogP contribution >= 0.6 is 39.5 Å². The fourth-order valence-corrected chi connectivity index (χ4v) is 2.81. The first kappa shape index (κ1) is 14.8. The van der Waals surface area contributed by atoms with Gasteiger partial charge in [-0.05, 0) is 28.1 Å². The van der Waals surface area contributed by atoms with Crippen molar-refractivity contribution in [2.75, 3.05) is 11.0 Å². The number of fused-ring (bicyclic) bond motifs is 1. The average Bonchev–Trinajstić information content (AvgIpc) is 2.62. The van der Waals surface area contributed by atoms with Crippen molar-refractivity contribution < 1.29 is 13.2 Å². The van der Waals surface area contributed by atoms with Gasteiger partial charge in [-0.1, -0.05) is 23.5 Å². The lowest BCUT2D eigenvalue weighted by Gasteiger charge is -2.08. The van der Waals surface area contributed by atoms with Gasteiger partial charge in [0.2, 0.25) is 0 Å². The van der Waals surface area contributed by atoms with E-state index < -0.39 is 12.7 Å². The van der Waals surface area contributed by atoms with Gasteiger partial charge in [-0.25, -0.2) is 0 Å². The van der Waals surface area contributed by atoms with Crippen LogP contribution in [0.2, 0.25) is 5.02 Å². The molecule has 0 spiro atoms. The predicted molar refractivity (Wildman–Crippen MR) is 75.6 cm³/mol. The topological polar surface area (TPSA) is 29.9 Å². The third-order valence-electron chi connectivity index (χ3n) is 2.32. The third kappa shape index (κ3) is 3.11. The van der Waals surface area contributed by atoms with Gasteiger partial charge in [0.25, 0.3) is 0 Å². The zero-order chi connectivity index (χ0) is 14.2. The smallest absolute Gasteiger partial charge is 0.313 e. The molecule has 3 nitrogen and oxygen atoms in total. The lowest BCUT2D eigenvalue weighted by molar-refractivity contribution is -0.141. The van der Waals surface area contributed by atoms with Crippen molar-refractivity contribution >= 4 is 56.2 Å². The number of aromatic nitrogens is 2. The minimum atomic E-state index is -4.35. The quantitative estimate of drug-likeness (QED) is 0.790. The van der Waals surface area contributed by atoms with E-state index >= 15 is 0 Å². The second-order valence-electron chi connectivity index (χ2n) is 3.68. The van der Waals surface area contributed by atoms with Crippen LogP contribution in [0.5, 0.6) is 0 Å². The van der Waals surface area contributed by atoms with E-state index in [0.717, 1.165) is 4.68 Å². The number of hydrogen-bond donors (Lipinski definition) is 1. The molecule has 0 atom stereocenters. The van der Waals surface area contributed by atoms with Gasteiger partial charge in [0.05, 0.1) is 15.9 Å². The summed E-state index contributed by atoms with van der Waals surface area (Å²) in [6.07, 6.45) is -2.60. The Balaban J connectivity index is 2.67. The minimum absolute atomic E-state index is 0.318. The molecule has 1 aromatic heterocycles. The van der Waals surface area contributed by atoms with Crippen molar-refractivity contribution in [1.29, 1.82) is 0 Å². The van der Waals surface area contributed by atoms with E-state index in [9.17, 15) is 13.2 Å². The number of alkyl halides is 3. The van der Waals surface area contributed by atoms with Gasteiger partial charge in [-0.15, -0.1) is 0 Å². The number of nitrogens with one attached hydrogen (secondary N) is 1. The Morgan fingerprint density at radius 1 is 1.47 bits per heavy atom. The number of halogens is 5. The Hall–Kier alpha value is -0.600. The van der Waals surface area contributed by atoms with Gasteiger partial charge in [-0.2, -0.15) is 18.3 Å². The summed E-state index contributed by atoms with van der Waals surface area (Å²) in [5, 5.41) is 4.75. The molecular formula is C10H8BrClF3N3S. The van der Waals surface area contributed by atoms with Crippen molar-refractivity contribution in [3.05, 3.63) is 21.6 Å². The molecule has 9 heteroatoms. The maximum atomic E-state index is 12.6. The zero-order valence-electron chi connectivity index (χ0n) is 9.55. The van der Waals surface area contributed by atoms with Crippen LogP contribution in [0.4, 0.5) is 19.0 Å². The first-order valence-electron chi connectivity index (χ1n) is 5.03. The van der Waals surface area contributed by atoms with E-state index in [0.29, 0.717) is 26.2 Å². The van der Waals surface area contributed by atoms with Crippen molar-refractivity contribution in [1.82, 2.24) is 9.78 Å². The first-order chi connectivity index (χ1) is 8.83. The van der Waals surface area contributed by atoms with Gasteiger partial charge < -0.3 is 4.72 Å². The highest BCUT2D eigenvalue weighted by molar-refractivity contribution is 9.10. The number of nitrogens with zero attached hydrogens (tertiary/aromatic N) is 2. The summed E-state index contributed by atoms with van der Waals surface area (Å²) in [6.45, 7) is -1.17. The predicted octanol–water partition coefficient (Wildman–Crippen LogP) is 4.70. The molecule has 104 valence electrons. The lowest BCUT2D eigenvalue weighted by Crippen LogP contribution is -2.18. The maximum absolute atomic E-state index is 12.6. The maximum Gasteiger partial charge on any atom is 0.408 e. The largest absolute Gasteiger partial charge is 0.408 e. The highest BCUT2D eigenvalue weighted by atomic mass is 79.9. The molecule has 0 radical (unpaired) electrons. The van der Waals surface area contributed by atoms with E-state index in [-0.39, 0.29) is 0 Å². The average molecular weight is 375 g/mol. The zero-order valence-corrected chi connectivity index (χ0v) is 12.7. The molecule has 1 heterocycles. The molecule has 19 heavy (non-hydrogen) atoms. The molecule has 0 bridgehead atoms. The van der Waals surface area contributed by atoms with Gasteiger partial charge in [0.1, 0.15) is 6.54 Å². The standard InChI is InChI=1S/C10H8BrClF3N3S/c1-19-17-9-7-6(12)3-2-5(11)8(7)18(16-9)4-10(13,14)15/h2-3H,4H2,1H3,(H,16,17). The normalized spacial score (nSPS) is 12.1. The molecule has 2 rings (SSSR count). The number of anilines is 1. The molecule has 0 amide bonds. The summed E-state index contributed by atoms with van der Waals surface area (Å²) < 4.78 is 41.9. The van der Waals surface area contributed by atoms with E-state index in [2.05, 4.69) is 25.8 Å². The van der Waals surface area contributed by atoms with Crippen LogP contribution in [0.3, 0.4) is 0 Å². The fraction of sp³-hybridized carbons (Fsp3) is 0.300. The monoisotopic (exact) mass is 373 g/mol. The van der Waals surface area contributed by atoms with Crippen molar-refractivity contribution in [2.45, 2.75) is 12.7 Å². The second-order valence-corrected chi connectivity index (χ2v) is 5.55. The van der Waals surface area contributed by atoms with Crippen molar-refractivity contribution in [3.63, 3.8) is 0 Å². The van der Waals surface area contributed by atoms with Gasteiger partial charge in [0.15, 0.2) is 5.82 Å². The molecule has 0 aliphatic rings. The summed E-state index contributed by atoms with van der Waals surface area (Å²) in [5.41, 5.74) is 0.321. The Labute approximate surface area is 124 Å². The SMILES string of the molecule is CSNc1nn(CC(F)(F)F)c2c(Br)ccc(Cl)c12. The molecule has 0 aliphatic heterocycles.